The fourth-order valence-electron chi connectivity index (χ4n) is 9.78. The maximum Gasteiger partial charge on any atom is 0.472 e. The van der Waals surface area contributed by atoms with Crippen LogP contribution in [0.4, 0.5) is 0 Å². The van der Waals surface area contributed by atoms with Gasteiger partial charge in [0.05, 0.1) is 39.9 Å². The highest BCUT2D eigenvalue weighted by Gasteiger charge is 2.27. The summed E-state index contributed by atoms with van der Waals surface area (Å²) in [4.78, 5) is 23.3. The van der Waals surface area contributed by atoms with Gasteiger partial charge in [-0.2, -0.15) is 0 Å². The lowest BCUT2D eigenvalue weighted by atomic mass is 10.0. The smallest absolute Gasteiger partial charge is 0.387 e. The van der Waals surface area contributed by atoms with Gasteiger partial charge in [0.15, 0.2) is 0 Å². The standard InChI is InChI=1S/C65H127N2O6P/c1-6-8-10-12-14-16-18-20-22-24-26-28-29-30-31-32-33-34-35-36-37-38-39-40-42-44-46-48-50-52-54-56-58-64(68)63(62-73-74(70,71)72-61-60-67(3,4)5)66-65(69)59-57-55-53-51-49-47-45-43-41-27-25-23-21-19-17-15-13-11-9-7-2/h40,42,48,50,56,58,63-64,68H,6-39,41,43-47,49,51-55,57,59-62H2,1-5H3,(H-,66,69,70,71)/p+1/b42-40+,50-48+,58-56+. The van der Waals surface area contributed by atoms with E-state index in [1.54, 1.807) is 6.08 Å². The second-order valence-electron chi connectivity index (χ2n) is 23.5. The van der Waals surface area contributed by atoms with Crippen molar-refractivity contribution in [1.82, 2.24) is 5.32 Å². The van der Waals surface area contributed by atoms with Crippen LogP contribution in [0, 0.1) is 0 Å². The van der Waals surface area contributed by atoms with Gasteiger partial charge in [0.2, 0.25) is 5.91 Å². The van der Waals surface area contributed by atoms with Crippen molar-refractivity contribution in [2.24, 2.45) is 0 Å². The number of allylic oxidation sites excluding steroid dienone is 5. The van der Waals surface area contributed by atoms with E-state index in [1.165, 1.54) is 257 Å². The molecule has 0 aromatic carbocycles. The molecule has 8 nitrogen and oxygen atoms in total. The molecule has 3 N–H and O–H groups in total. The molecule has 0 radical (unpaired) electrons. The number of hydrogen-bond acceptors (Lipinski definition) is 5. The maximum atomic E-state index is 13.0. The van der Waals surface area contributed by atoms with E-state index in [0.717, 1.165) is 44.9 Å². The van der Waals surface area contributed by atoms with Gasteiger partial charge >= 0.3 is 7.82 Å². The fraction of sp³-hybridized carbons (Fsp3) is 0.892. The van der Waals surface area contributed by atoms with Crippen LogP contribution in [-0.2, 0) is 18.4 Å². The first-order chi connectivity index (χ1) is 36.0. The summed E-state index contributed by atoms with van der Waals surface area (Å²) in [6.07, 6.45) is 74.3. The molecule has 0 saturated heterocycles. The summed E-state index contributed by atoms with van der Waals surface area (Å²) in [7, 11) is 1.56. The third-order valence-corrected chi connectivity index (χ3v) is 15.8. The Morgan fingerprint density at radius 1 is 0.446 bits per heavy atom. The van der Waals surface area contributed by atoms with Gasteiger partial charge in [-0.05, 0) is 44.9 Å². The molecule has 438 valence electrons. The number of nitrogens with zero attached hydrogens (tertiary/aromatic N) is 1. The predicted molar refractivity (Wildman–Crippen MR) is 323 cm³/mol. The molecule has 74 heavy (non-hydrogen) atoms. The normalized spacial score (nSPS) is 14.0. The largest absolute Gasteiger partial charge is 0.472 e. The second kappa shape index (κ2) is 56.4. The third-order valence-electron chi connectivity index (χ3n) is 14.8. The molecule has 0 aliphatic carbocycles. The van der Waals surface area contributed by atoms with Crippen LogP contribution in [0.15, 0.2) is 36.5 Å². The summed E-state index contributed by atoms with van der Waals surface area (Å²) >= 11 is 0. The lowest BCUT2D eigenvalue weighted by Crippen LogP contribution is -2.45. The lowest BCUT2D eigenvalue weighted by Gasteiger charge is -2.25. The van der Waals surface area contributed by atoms with E-state index in [0.29, 0.717) is 17.4 Å². The van der Waals surface area contributed by atoms with Gasteiger partial charge in [0.1, 0.15) is 13.2 Å². The Balaban J connectivity index is 4.15. The van der Waals surface area contributed by atoms with Crippen molar-refractivity contribution in [1.29, 1.82) is 0 Å². The molecule has 1 amide bonds. The van der Waals surface area contributed by atoms with Gasteiger partial charge < -0.3 is 19.8 Å². The van der Waals surface area contributed by atoms with E-state index in [4.69, 9.17) is 9.05 Å². The number of quaternary nitrogens is 1. The van der Waals surface area contributed by atoms with Crippen molar-refractivity contribution < 1.29 is 32.9 Å². The number of aliphatic hydroxyl groups is 1. The highest BCUT2D eigenvalue weighted by Crippen LogP contribution is 2.43. The Labute approximate surface area is 461 Å². The Bertz CT molecular complexity index is 1300. The molecule has 0 fully saturated rings. The molecule has 0 aromatic rings. The van der Waals surface area contributed by atoms with Crippen molar-refractivity contribution in [2.45, 2.75) is 334 Å². The van der Waals surface area contributed by atoms with Crippen LogP contribution in [0.25, 0.3) is 0 Å². The summed E-state index contributed by atoms with van der Waals surface area (Å²) in [6, 6.07) is -0.868. The molecule has 0 heterocycles. The molecular weight excluding hydrogens is 936 g/mol. The number of nitrogens with one attached hydrogen (secondary N) is 1. The summed E-state index contributed by atoms with van der Waals surface area (Å²) in [5.41, 5.74) is 0. The molecule has 0 bridgehead atoms. The number of rotatable bonds is 60. The number of phosphoric ester groups is 1. The quantitative estimate of drug-likeness (QED) is 0.0243. The Kier molecular flexibility index (Phi) is 55.5. The number of unbranched alkanes of at least 4 members (excludes halogenated alkanes) is 43. The molecule has 0 aromatic heterocycles. The summed E-state index contributed by atoms with van der Waals surface area (Å²) in [6.45, 7) is 4.84. The summed E-state index contributed by atoms with van der Waals surface area (Å²) < 4.78 is 23.7. The monoisotopic (exact) mass is 1060 g/mol. The van der Waals surface area contributed by atoms with Gasteiger partial charge in [-0.25, -0.2) is 4.57 Å². The van der Waals surface area contributed by atoms with Crippen LogP contribution in [0.2, 0.25) is 0 Å². The fourth-order valence-corrected chi connectivity index (χ4v) is 10.5. The number of phosphoric acid groups is 1. The van der Waals surface area contributed by atoms with Crippen molar-refractivity contribution in [3.63, 3.8) is 0 Å². The van der Waals surface area contributed by atoms with Gasteiger partial charge in [0, 0.05) is 6.42 Å². The molecule has 0 aliphatic heterocycles. The van der Waals surface area contributed by atoms with Crippen molar-refractivity contribution >= 4 is 13.7 Å². The molecule has 0 saturated carbocycles. The lowest BCUT2D eigenvalue weighted by molar-refractivity contribution is -0.870. The van der Waals surface area contributed by atoms with Gasteiger partial charge in [0.25, 0.3) is 0 Å². The number of hydrogen-bond donors (Lipinski definition) is 3. The number of carbonyl (C=O) groups is 1. The number of likely N-dealkylation sites (N-methyl/N-ethyl adjacent to an activating group) is 1. The molecule has 9 heteroatoms. The van der Waals surface area contributed by atoms with Gasteiger partial charge in [-0.15, -0.1) is 0 Å². The first-order valence-corrected chi connectivity index (χ1v) is 33.9. The predicted octanol–water partition coefficient (Wildman–Crippen LogP) is 20.1. The maximum absolute atomic E-state index is 13.0. The Hall–Kier alpha value is -1.28. The van der Waals surface area contributed by atoms with Crippen LogP contribution in [-0.4, -0.2) is 73.4 Å². The Morgan fingerprint density at radius 2 is 0.743 bits per heavy atom. The average molecular weight is 1060 g/mol. The zero-order valence-corrected chi connectivity index (χ0v) is 51.0. The number of aliphatic hydroxyl groups excluding tert-OH is 1. The Morgan fingerprint density at radius 3 is 1.08 bits per heavy atom. The van der Waals surface area contributed by atoms with E-state index >= 15 is 0 Å². The van der Waals surface area contributed by atoms with Crippen molar-refractivity contribution in [3.05, 3.63) is 36.5 Å². The van der Waals surface area contributed by atoms with Crippen LogP contribution >= 0.6 is 7.82 Å². The first kappa shape index (κ1) is 72.7. The van der Waals surface area contributed by atoms with Crippen molar-refractivity contribution in [3.8, 4) is 0 Å². The zero-order valence-electron chi connectivity index (χ0n) is 50.1. The number of carbonyl (C=O) groups excluding carboxylic acids is 1. The molecule has 0 rings (SSSR count). The van der Waals surface area contributed by atoms with E-state index in [-0.39, 0.29) is 19.1 Å². The topological polar surface area (TPSA) is 105 Å². The highest BCUT2D eigenvalue weighted by atomic mass is 31.2. The molecule has 0 spiro atoms. The molecule has 3 unspecified atom stereocenters. The van der Waals surface area contributed by atoms with E-state index < -0.39 is 20.0 Å². The minimum Gasteiger partial charge on any atom is -0.387 e. The van der Waals surface area contributed by atoms with Crippen molar-refractivity contribution in [2.75, 3.05) is 40.9 Å². The third kappa shape index (κ3) is 58.4. The van der Waals surface area contributed by atoms with Crippen LogP contribution in [0.1, 0.15) is 322 Å². The average Bonchev–Trinajstić information content (AvgIpc) is 3.36. The van der Waals surface area contributed by atoms with Crippen LogP contribution in [0.3, 0.4) is 0 Å². The van der Waals surface area contributed by atoms with E-state index in [2.05, 4.69) is 43.5 Å². The van der Waals surface area contributed by atoms with Crippen LogP contribution in [0.5, 0.6) is 0 Å². The zero-order chi connectivity index (χ0) is 54.2. The molecule has 0 aliphatic rings. The summed E-state index contributed by atoms with van der Waals surface area (Å²) in [5, 5.41) is 13.9. The number of amides is 1. The van der Waals surface area contributed by atoms with Crippen LogP contribution < -0.4 is 5.32 Å². The van der Waals surface area contributed by atoms with E-state index in [1.807, 2.05) is 27.2 Å². The highest BCUT2D eigenvalue weighted by molar-refractivity contribution is 7.47. The minimum atomic E-state index is -4.36. The summed E-state index contributed by atoms with van der Waals surface area (Å²) in [5.74, 6) is -0.185. The minimum absolute atomic E-state index is 0.0553. The molecular formula is C65H128N2O6P+. The van der Waals surface area contributed by atoms with E-state index in [9.17, 15) is 19.4 Å². The van der Waals surface area contributed by atoms with Gasteiger partial charge in [-0.3, -0.25) is 13.8 Å². The van der Waals surface area contributed by atoms with Gasteiger partial charge in [-0.1, -0.05) is 307 Å². The SMILES string of the molecule is CCCCCCCCCCCCCCCCCCCCCCCC/C=C/CC/C=C/CC/C=C/C(O)C(COP(=O)(O)OCC[N+](C)(C)C)NC(=O)CCCCCCCCCCCCCCCCCCCCCC. The first-order valence-electron chi connectivity index (χ1n) is 32.4. The second-order valence-corrected chi connectivity index (χ2v) is 24.9. The molecule has 3 atom stereocenters.